The number of nitrogens with one attached hydrogen (secondary N) is 1. The lowest BCUT2D eigenvalue weighted by molar-refractivity contribution is -0.122. The van der Waals surface area contributed by atoms with Gasteiger partial charge in [-0.15, -0.1) is 0 Å². The summed E-state index contributed by atoms with van der Waals surface area (Å²) < 4.78 is 1.07. The summed E-state index contributed by atoms with van der Waals surface area (Å²) in [5, 5.41) is 3.08. The van der Waals surface area contributed by atoms with Crippen molar-refractivity contribution in [1.29, 1.82) is 0 Å². The smallest absolute Gasteiger partial charge is 0.220 e. The number of amides is 1. The van der Waals surface area contributed by atoms with E-state index in [1.54, 1.807) is 0 Å². The van der Waals surface area contributed by atoms with Crippen molar-refractivity contribution in [3.8, 4) is 0 Å². The van der Waals surface area contributed by atoms with Gasteiger partial charge in [0.1, 0.15) is 0 Å². The Morgan fingerprint density at radius 3 is 2.48 bits per heavy atom. The molecule has 0 aliphatic carbocycles. The van der Waals surface area contributed by atoms with Gasteiger partial charge in [-0.3, -0.25) is 4.79 Å². The summed E-state index contributed by atoms with van der Waals surface area (Å²) in [6.07, 6.45) is 3.25. The Kier molecular flexibility index (Phi) is 7.40. The fourth-order valence-electron chi connectivity index (χ4n) is 2.34. The summed E-state index contributed by atoms with van der Waals surface area (Å²) in [5.41, 5.74) is 6.97. The van der Waals surface area contributed by atoms with Gasteiger partial charge in [-0.2, -0.15) is 0 Å². The highest BCUT2D eigenvalue weighted by molar-refractivity contribution is 9.10. The van der Waals surface area contributed by atoms with Crippen molar-refractivity contribution in [1.82, 2.24) is 5.32 Å². The fourth-order valence-corrected chi connectivity index (χ4v) is 2.60. The fraction of sp³-hybridized carbons (Fsp3) is 0.588. The van der Waals surface area contributed by atoms with E-state index in [-0.39, 0.29) is 17.4 Å². The third-order valence-corrected chi connectivity index (χ3v) is 4.24. The molecule has 4 heteroatoms. The number of rotatable bonds is 8. The first-order chi connectivity index (χ1) is 9.82. The average Bonchev–Trinajstić information content (AvgIpc) is 2.39. The van der Waals surface area contributed by atoms with Crippen molar-refractivity contribution in [3.63, 3.8) is 0 Å². The first-order valence-corrected chi connectivity index (χ1v) is 8.35. The quantitative estimate of drug-likeness (QED) is 0.748. The number of carbonyl (C=O) groups excluding carboxylic acids is 1. The molecule has 0 saturated heterocycles. The molecule has 1 atom stereocenters. The Labute approximate surface area is 136 Å². The van der Waals surface area contributed by atoms with Crippen LogP contribution in [-0.4, -0.2) is 18.5 Å². The third-order valence-electron chi connectivity index (χ3n) is 3.71. The second kappa shape index (κ2) is 8.54. The molecular formula is C17H27BrN2O. The van der Waals surface area contributed by atoms with Crippen LogP contribution >= 0.6 is 15.9 Å². The minimum absolute atomic E-state index is 0.129. The van der Waals surface area contributed by atoms with Gasteiger partial charge in [0.2, 0.25) is 5.91 Å². The number of benzene rings is 1. The molecule has 1 aromatic carbocycles. The lowest BCUT2D eigenvalue weighted by Gasteiger charge is -2.24. The van der Waals surface area contributed by atoms with Gasteiger partial charge in [0, 0.05) is 16.9 Å². The monoisotopic (exact) mass is 354 g/mol. The molecule has 0 spiro atoms. The van der Waals surface area contributed by atoms with Gasteiger partial charge in [-0.25, -0.2) is 0 Å². The molecule has 0 radical (unpaired) electrons. The highest BCUT2D eigenvalue weighted by atomic mass is 79.9. The van der Waals surface area contributed by atoms with E-state index in [1.807, 2.05) is 19.1 Å². The number of carbonyl (C=O) groups is 1. The van der Waals surface area contributed by atoms with E-state index in [0.29, 0.717) is 13.0 Å². The van der Waals surface area contributed by atoms with Gasteiger partial charge < -0.3 is 11.1 Å². The Bertz CT molecular complexity index is 443. The van der Waals surface area contributed by atoms with E-state index in [0.717, 1.165) is 23.7 Å². The molecule has 0 fully saturated rings. The lowest BCUT2D eigenvalue weighted by Crippen LogP contribution is -2.34. The van der Waals surface area contributed by atoms with Crippen LogP contribution in [0.1, 0.15) is 45.6 Å². The highest BCUT2D eigenvalue weighted by Gasteiger charge is 2.18. The zero-order chi connectivity index (χ0) is 15.9. The SMILES string of the molecule is CC(Cc1ccc(Br)cc1)NC(=O)CCC(C)(C)CCN. The van der Waals surface area contributed by atoms with Crippen molar-refractivity contribution in [2.45, 2.75) is 52.5 Å². The summed E-state index contributed by atoms with van der Waals surface area (Å²) in [5.74, 6) is 0.129. The molecule has 0 aromatic heterocycles. The zero-order valence-electron chi connectivity index (χ0n) is 13.3. The Morgan fingerprint density at radius 2 is 1.90 bits per heavy atom. The van der Waals surface area contributed by atoms with Crippen molar-refractivity contribution in [2.75, 3.05) is 6.54 Å². The molecule has 118 valence electrons. The van der Waals surface area contributed by atoms with Crippen molar-refractivity contribution < 1.29 is 4.79 Å². The number of nitrogens with two attached hydrogens (primary N) is 1. The molecule has 1 amide bonds. The molecule has 0 aliphatic rings. The van der Waals surface area contributed by atoms with Crippen LogP contribution in [0.4, 0.5) is 0 Å². The molecule has 1 rings (SSSR count). The van der Waals surface area contributed by atoms with Crippen LogP contribution in [0.25, 0.3) is 0 Å². The largest absolute Gasteiger partial charge is 0.353 e. The van der Waals surface area contributed by atoms with E-state index in [2.05, 4.69) is 47.2 Å². The van der Waals surface area contributed by atoms with Crippen LogP contribution in [0.3, 0.4) is 0 Å². The topological polar surface area (TPSA) is 55.1 Å². The van der Waals surface area contributed by atoms with E-state index < -0.39 is 0 Å². The first kappa shape index (κ1) is 18.2. The summed E-state index contributed by atoms with van der Waals surface area (Å²) in [7, 11) is 0. The number of hydrogen-bond acceptors (Lipinski definition) is 2. The van der Waals surface area contributed by atoms with E-state index in [1.165, 1.54) is 5.56 Å². The summed E-state index contributed by atoms with van der Waals surface area (Å²) in [6, 6.07) is 8.36. The zero-order valence-corrected chi connectivity index (χ0v) is 14.9. The predicted octanol–water partition coefficient (Wildman–Crippen LogP) is 3.65. The standard InChI is InChI=1S/C17H27BrN2O/c1-13(12-14-4-6-15(18)7-5-14)20-16(21)8-9-17(2,3)10-11-19/h4-7,13H,8-12,19H2,1-3H3,(H,20,21). The Balaban J connectivity index is 2.35. The highest BCUT2D eigenvalue weighted by Crippen LogP contribution is 2.25. The molecule has 1 unspecified atom stereocenters. The maximum absolute atomic E-state index is 12.0. The molecule has 0 aliphatic heterocycles. The van der Waals surface area contributed by atoms with Gasteiger partial charge >= 0.3 is 0 Å². The van der Waals surface area contributed by atoms with E-state index in [9.17, 15) is 4.79 Å². The Hall–Kier alpha value is -0.870. The molecule has 21 heavy (non-hydrogen) atoms. The molecule has 3 nitrogen and oxygen atoms in total. The molecule has 3 N–H and O–H groups in total. The average molecular weight is 355 g/mol. The van der Waals surface area contributed by atoms with Crippen LogP contribution < -0.4 is 11.1 Å². The third kappa shape index (κ3) is 7.63. The summed E-state index contributed by atoms with van der Waals surface area (Å²) >= 11 is 3.43. The second-order valence-electron chi connectivity index (χ2n) is 6.50. The molecule has 0 heterocycles. The van der Waals surface area contributed by atoms with Gasteiger partial charge in [0.15, 0.2) is 0 Å². The van der Waals surface area contributed by atoms with Gasteiger partial charge in [0.05, 0.1) is 0 Å². The molecule has 1 aromatic rings. The second-order valence-corrected chi connectivity index (χ2v) is 7.42. The Morgan fingerprint density at radius 1 is 1.29 bits per heavy atom. The summed E-state index contributed by atoms with van der Waals surface area (Å²) in [4.78, 5) is 12.0. The van der Waals surface area contributed by atoms with Gasteiger partial charge in [-0.05, 0) is 55.8 Å². The number of hydrogen-bond donors (Lipinski definition) is 2. The van der Waals surface area contributed by atoms with Crippen LogP contribution in [-0.2, 0) is 11.2 Å². The van der Waals surface area contributed by atoms with Crippen LogP contribution in [0.5, 0.6) is 0 Å². The van der Waals surface area contributed by atoms with Crippen LogP contribution in [0, 0.1) is 5.41 Å². The maximum atomic E-state index is 12.0. The molecule has 0 bridgehead atoms. The van der Waals surface area contributed by atoms with Crippen molar-refractivity contribution >= 4 is 21.8 Å². The van der Waals surface area contributed by atoms with Crippen molar-refractivity contribution in [3.05, 3.63) is 34.3 Å². The van der Waals surface area contributed by atoms with Crippen LogP contribution in [0.15, 0.2) is 28.7 Å². The minimum atomic E-state index is 0.129. The van der Waals surface area contributed by atoms with Crippen LogP contribution in [0.2, 0.25) is 0 Å². The molecule has 0 saturated carbocycles. The van der Waals surface area contributed by atoms with E-state index in [4.69, 9.17) is 5.73 Å². The number of halogens is 1. The first-order valence-electron chi connectivity index (χ1n) is 7.56. The molecular weight excluding hydrogens is 328 g/mol. The minimum Gasteiger partial charge on any atom is -0.353 e. The van der Waals surface area contributed by atoms with Crippen molar-refractivity contribution in [2.24, 2.45) is 11.1 Å². The van der Waals surface area contributed by atoms with E-state index >= 15 is 0 Å². The normalized spacial score (nSPS) is 13.0. The maximum Gasteiger partial charge on any atom is 0.220 e. The van der Waals surface area contributed by atoms with Gasteiger partial charge in [0.25, 0.3) is 0 Å². The lowest BCUT2D eigenvalue weighted by atomic mass is 9.84. The summed E-state index contributed by atoms with van der Waals surface area (Å²) in [6.45, 7) is 7.05. The predicted molar refractivity (Wildman–Crippen MR) is 92.1 cm³/mol. The van der Waals surface area contributed by atoms with Gasteiger partial charge in [-0.1, -0.05) is 41.9 Å².